The monoisotopic (exact) mass is 471 g/mol. The Morgan fingerprint density at radius 3 is 2.03 bits per heavy atom. The Hall–Kier alpha value is -4.26. The van der Waals surface area contributed by atoms with Gasteiger partial charge >= 0.3 is 0 Å². The molecule has 0 aromatic heterocycles. The maximum absolute atomic E-state index is 12.9. The van der Waals surface area contributed by atoms with Crippen LogP contribution in [0.5, 0.6) is 11.5 Å². The van der Waals surface area contributed by atoms with Crippen LogP contribution in [0.2, 0.25) is 0 Å². The van der Waals surface area contributed by atoms with E-state index in [0.717, 1.165) is 24.3 Å². The number of ether oxygens (including phenoxy) is 2. The van der Waals surface area contributed by atoms with E-state index in [1.165, 1.54) is 14.2 Å². The van der Waals surface area contributed by atoms with Gasteiger partial charge in [-0.1, -0.05) is 36.4 Å². The predicted octanol–water partition coefficient (Wildman–Crippen LogP) is 4.32. The number of carbonyl (C=O) groups is 2. The number of nitrogens with one attached hydrogen (secondary N) is 1. The minimum atomic E-state index is -0.303. The number of methoxy groups -OCH3 is 2. The van der Waals surface area contributed by atoms with Gasteiger partial charge in [-0.15, -0.1) is 0 Å². The lowest BCUT2D eigenvalue weighted by Crippen LogP contribution is -2.48. The Morgan fingerprint density at radius 1 is 0.800 bits per heavy atom. The minimum absolute atomic E-state index is 0.0262. The molecule has 7 heteroatoms. The molecule has 7 nitrogen and oxygen atoms in total. The number of hydrogen-bond donors (Lipinski definition) is 1. The number of amides is 2. The van der Waals surface area contributed by atoms with Crippen LogP contribution in [0.4, 0.5) is 11.4 Å². The molecule has 0 radical (unpaired) electrons. The molecule has 1 saturated heterocycles. The quantitative estimate of drug-likeness (QED) is 0.520. The van der Waals surface area contributed by atoms with Crippen LogP contribution in [-0.4, -0.2) is 57.1 Å². The van der Waals surface area contributed by atoms with Crippen molar-refractivity contribution in [3.63, 3.8) is 0 Å². The van der Waals surface area contributed by atoms with Gasteiger partial charge in [0.1, 0.15) is 17.1 Å². The van der Waals surface area contributed by atoms with Crippen LogP contribution in [0.25, 0.3) is 6.08 Å². The van der Waals surface area contributed by atoms with E-state index in [9.17, 15) is 9.59 Å². The second-order valence-corrected chi connectivity index (χ2v) is 8.09. The summed E-state index contributed by atoms with van der Waals surface area (Å²) in [6.45, 7) is 2.80. The lowest BCUT2D eigenvalue weighted by Gasteiger charge is -2.35. The third kappa shape index (κ3) is 5.81. The summed E-state index contributed by atoms with van der Waals surface area (Å²) in [5, 5.41) is 2.91. The molecule has 1 heterocycles. The average molecular weight is 472 g/mol. The standard InChI is InChI=1S/C28H29N3O4/c1-34-24-9-6-10-25(35-2)27(24)28(33)29-22-12-14-23(15-13-22)30-17-19-31(20-18-30)26(32)16-11-21-7-4-3-5-8-21/h3-16H,17-20H2,1-2H3,(H,29,33). The van der Waals surface area contributed by atoms with Crippen molar-refractivity contribution in [3.8, 4) is 11.5 Å². The van der Waals surface area contributed by atoms with Gasteiger partial charge in [-0.05, 0) is 48.0 Å². The van der Waals surface area contributed by atoms with Crippen molar-refractivity contribution in [1.82, 2.24) is 4.90 Å². The van der Waals surface area contributed by atoms with Gasteiger partial charge in [0, 0.05) is 43.6 Å². The van der Waals surface area contributed by atoms with Gasteiger partial charge in [-0.25, -0.2) is 0 Å². The molecule has 2 amide bonds. The number of rotatable bonds is 7. The highest BCUT2D eigenvalue weighted by Crippen LogP contribution is 2.29. The second-order valence-electron chi connectivity index (χ2n) is 8.09. The van der Waals surface area contributed by atoms with Gasteiger partial charge in [-0.3, -0.25) is 9.59 Å². The van der Waals surface area contributed by atoms with Crippen molar-refractivity contribution >= 4 is 29.3 Å². The third-order valence-electron chi connectivity index (χ3n) is 5.95. The van der Waals surface area contributed by atoms with Crippen LogP contribution >= 0.6 is 0 Å². The summed E-state index contributed by atoms with van der Waals surface area (Å²) >= 11 is 0. The van der Waals surface area contributed by atoms with Crippen LogP contribution in [0.15, 0.2) is 78.9 Å². The molecule has 3 aromatic rings. The van der Waals surface area contributed by atoms with Crippen molar-refractivity contribution < 1.29 is 19.1 Å². The molecule has 4 rings (SSSR count). The zero-order valence-electron chi connectivity index (χ0n) is 19.9. The lowest BCUT2D eigenvalue weighted by molar-refractivity contribution is -0.126. The van der Waals surface area contributed by atoms with E-state index >= 15 is 0 Å². The Morgan fingerprint density at radius 2 is 1.43 bits per heavy atom. The van der Waals surface area contributed by atoms with Crippen LogP contribution in [0.3, 0.4) is 0 Å². The minimum Gasteiger partial charge on any atom is -0.496 e. The van der Waals surface area contributed by atoms with Crippen molar-refractivity contribution in [2.45, 2.75) is 0 Å². The maximum Gasteiger partial charge on any atom is 0.263 e. The van der Waals surface area contributed by atoms with Crippen molar-refractivity contribution in [2.75, 3.05) is 50.6 Å². The molecule has 1 fully saturated rings. The Labute approximate surface area is 205 Å². The SMILES string of the molecule is COc1cccc(OC)c1C(=O)Nc1ccc(N2CCN(C(=O)C=Cc3ccccc3)CC2)cc1. The number of piperazine rings is 1. The summed E-state index contributed by atoms with van der Waals surface area (Å²) in [6, 6.07) is 22.7. The van der Waals surface area contributed by atoms with E-state index < -0.39 is 0 Å². The molecule has 35 heavy (non-hydrogen) atoms. The van der Waals surface area contributed by atoms with E-state index in [2.05, 4.69) is 10.2 Å². The molecule has 0 saturated carbocycles. The van der Waals surface area contributed by atoms with Crippen molar-refractivity contribution in [2.24, 2.45) is 0 Å². The smallest absolute Gasteiger partial charge is 0.263 e. The highest BCUT2D eigenvalue weighted by atomic mass is 16.5. The summed E-state index contributed by atoms with van der Waals surface area (Å²) in [5.41, 5.74) is 3.08. The first kappa shape index (κ1) is 23.9. The number of benzene rings is 3. The molecule has 180 valence electrons. The Bertz CT molecular complexity index is 1160. The van der Waals surface area contributed by atoms with Crippen molar-refractivity contribution in [3.05, 3.63) is 90.0 Å². The normalized spacial score (nSPS) is 13.5. The van der Waals surface area contributed by atoms with Crippen LogP contribution in [0, 0.1) is 0 Å². The van der Waals surface area contributed by atoms with Gasteiger partial charge in [0.2, 0.25) is 5.91 Å². The third-order valence-corrected chi connectivity index (χ3v) is 5.95. The summed E-state index contributed by atoms with van der Waals surface area (Å²) in [4.78, 5) is 29.5. The van der Waals surface area contributed by atoms with Crippen LogP contribution < -0.4 is 19.7 Å². The first-order chi connectivity index (χ1) is 17.1. The molecule has 0 atom stereocenters. The van der Waals surface area contributed by atoms with Gasteiger partial charge in [0.15, 0.2) is 0 Å². The number of nitrogens with zero attached hydrogens (tertiary/aromatic N) is 2. The van der Waals surface area contributed by atoms with Crippen molar-refractivity contribution in [1.29, 1.82) is 0 Å². The molecule has 0 unspecified atom stereocenters. The van der Waals surface area contributed by atoms with Crippen LogP contribution in [0.1, 0.15) is 15.9 Å². The fourth-order valence-corrected chi connectivity index (χ4v) is 4.05. The lowest BCUT2D eigenvalue weighted by atomic mass is 10.1. The maximum atomic E-state index is 12.9. The van der Waals surface area contributed by atoms with Gasteiger partial charge < -0.3 is 24.6 Å². The Kier molecular flexibility index (Phi) is 7.67. The molecule has 1 N–H and O–H groups in total. The fourth-order valence-electron chi connectivity index (χ4n) is 4.05. The number of hydrogen-bond acceptors (Lipinski definition) is 5. The second kappa shape index (κ2) is 11.2. The zero-order chi connectivity index (χ0) is 24.6. The van der Waals surface area contributed by atoms with E-state index in [4.69, 9.17) is 9.47 Å². The molecule has 1 aliphatic heterocycles. The highest BCUT2D eigenvalue weighted by Gasteiger charge is 2.21. The predicted molar refractivity (Wildman–Crippen MR) is 138 cm³/mol. The molecule has 1 aliphatic rings. The van der Waals surface area contributed by atoms with Gasteiger partial charge in [0.05, 0.1) is 14.2 Å². The highest BCUT2D eigenvalue weighted by molar-refractivity contribution is 6.08. The Balaban J connectivity index is 1.33. The molecule has 0 aliphatic carbocycles. The average Bonchev–Trinajstić information content (AvgIpc) is 2.92. The molecule has 3 aromatic carbocycles. The van der Waals surface area contributed by atoms with Crippen LogP contribution in [-0.2, 0) is 4.79 Å². The van der Waals surface area contributed by atoms with E-state index in [-0.39, 0.29) is 11.8 Å². The molecule has 0 spiro atoms. The van der Waals surface area contributed by atoms with E-state index in [0.29, 0.717) is 35.8 Å². The number of carbonyl (C=O) groups excluding carboxylic acids is 2. The molecule has 0 bridgehead atoms. The first-order valence-corrected chi connectivity index (χ1v) is 11.5. The first-order valence-electron chi connectivity index (χ1n) is 11.5. The summed E-state index contributed by atoms with van der Waals surface area (Å²) < 4.78 is 10.7. The zero-order valence-corrected chi connectivity index (χ0v) is 19.9. The number of anilines is 2. The van der Waals surface area contributed by atoms with E-state index in [1.54, 1.807) is 24.3 Å². The van der Waals surface area contributed by atoms with Gasteiger partial charge in [0.25, 0.3) is 5.91 Å². The molecular formula is C28H29N3O4. The largest absolute Gasteiger partial charge is 0.496 e. The van der Waals surface area contributed by atoms with Gasteiger partial charge in [-0.2, -0.15) is 0 Å². The van der Waals surface area contributed by atoms with E-state index in [1.807, 2.05) is 65.6 Å². The summed E-state index contributed by atoms with van der Waals surface area (Å²) in [7, 11) is 3.04. The molecular weight excluding hydrogens is 442 g/mol. The summed E-state index contributed by atoms with van der Waals surface area (Å²) in [5.74, 6) is 0.620. The topological polar surface area (TPSA) is 71.1 Å². The summed E-state index contributed by atoms with van der Waals surface area (Å²) in [6.07, 6.45) is 3.49. The fraction of sp³-hybridized carbons (Fsp3) is 0.214.